The highest BCUT2D eigenvalue weighted by Crippen LogP contribution is 2.36. The fourth-order valence-electron chi connectivity index (χ4n) is 3.86. The van der Waals surface area contributed by atoms with E-state index in [1.54, 1.807) is 53.6 Å². The van der Waals surface area contributed by atoms with Gasteiger partial charge in [-0.1, -0.05) is 36.4 Å². The van der Waals surface area contributed by atoms with Crippen LogP contribution in [-0.2, 0) is 14.3 Å². The number of aromatic hydroxyl groups is 1. The molecule has 9 heteroatoms. The van der Waals surface area contributed by atoms with Crippen LogP contribution in [-0.4, -0.2) is 41.3 Å². The maximum atomic E-state index is 13.0. The number of phenols is 1. The summed E-state index contributed by atoms with van der Waals surface area (Å²) < 4.78 is 12.0. The van der Waals surface area contributed by atoms with Gasteiger partial charge in [0.15, 0.2) is 6.10 Å². The van der Waals surface area contributed by atoms with Crippen LogP contribution in [0.25, 0.3) is 10.8 Å². The number of anilines is 1. The number of nitrogens with one attached hydrogen (secondary N) is 2. The Bertz CT molecular complexity index is 1200. The summed E-state index contributed by atoms with van der Waals surface area (Å²) in [6.07, 6.45) is 3.67. The first kappa shape index (κ1) is 27.1. The molecule has 0 saturated carbocycles. The average molecular weight is 511 g/mol. The largest absolute Gasteiger partial charge is 0.507 e. The molecule has 36 heavy (non-hydrogen) atoms. The number of amides is 2. The van der Waals surface area contributed by atoms with Gasteiger partial charge in [-0.3, -0.25) is 15.3 Å². The topological polar surface area (TPSA) is 117 Å². The van der Waals surface area contributed by atoms with Crippen LogP contribution in [0.4, 0.5) is 10.5 Å². The molecule has 0 saturated heterocycles. The van der Waals surface area contributed by atoms with Crippen molar-refractivity contribution in [2.24, 2.45) is 0 Å². The van der Waals surface area contributed by atoms with Crippen molar-refractivity contribution in [3.63, 3.8) is 0 Å². The van der Waals surface area contributed by atoms with Crippen LogP contribution in [0, 0.1) is 0 Å². The standard InChI is InChI=1S/C27H30N2O6S/c1-3-34-24(10-6-7-11-25(31)29-33)26(22-16-17-23(30)21-9-5-4-8-20(21)22)35-27(32)28-18-12-14-19(36-2)15-13-18/h4-5,7-9,11-17,24,26,30,33H,3,6,10H2,1-2H3,(H,28,32)(H,29,31)/b11-7+/t24-,26-/m0/s1. The number of allylic oxidation sites excluding steroid dienone is 1. The zero-order valence-corrected chi connectivity index (χ0v) is 21.0. The Morgan fingerprint density at radius 3 is 2.44 bits per heavy atom. The van der Waals surface area contributed by atoms with Crippen LogP contribution in [0.3, 0.4) is 0 Å². The van der Waals surface area contributed by atoms with Gasteiger partial charge in [0.05, 0.1) is 6.10 Å². The summed E-state index contributed by atoms with van der Waals surface area (Å²) in [5.41, 5.74) is 2.83. The molecule has 0 aliphatic rings. The molecule has 8 nitrogen and oxygen atoms in total. The number of hydroxylamine groups is 1. The Hall–Kier alpha value is -3.53. The Balaban J connectivity index is 1.91. The minimum Gasteiger partial charge on any atom is -0.507 e. The molecule has 0 aromatic heterocycles. The third-order valence-electron chi connectivity index (χ3n) is 5.53. The van der Waals surface area contributed by atoms with E-state index in [2.05, 4.69) is 5.32 Å². The second-order valence-corrected chi connectivity index (χ2v) is 8.73. The van der Waals surface area contributed by atoms with Crippen LogP contribution >= 0.6 is 11.8 Å². The van der Waals surface area contributed by atoms with Gasteiger partial charge < -0.3 is 14.6 Å². The molecule has 2 atom stereocenters. The molecule has 0 fully saturated rings. The van der Waals surface area contributed by atoms with Crippen molar-refractivity contribution >= 4 is 40.2 Å². The lowest BCUT2D eigenvalue weighted by molar-refractivity contribution is -0.124. The SMILES string of the molecule is CCO[C@@H](CC/C=C/C(=O)NO)[C@@H](OC(=O)Nc1ccc(SC)cc1)c1ccc(O)c2ccccc12. The van der Waals surface area contributed by atoms with Crippen LogP contribution in [0.1, 0.15) is 31.4 Å². The second kappa shape index (κ2) is 13.5. The molecule has 2 amide bonds. The van der Waals surface area contributed by atoms with Gasteiger partial charge in [-0.25, -0.2) is 10.3 Å². The van der Waals surface area contributed by atoms with Gasteiger partial charge in [0.2, 0.25) is 0 Å². The second-order valence-electron chi connectivity index (χ2n) is 7.85. The predicted octanol–water partition coefficient (Wildman–Crippen LogP) is 5.80. The molecule has 190 valence electrons. The Kier molecular flexibility index (Phi) is 10.2. The van der Waals surface area contributed by atoms with Crippen LogP contribution in [0.5, 0.6) is 5.75 Å². The first-order valence-electron chi connectivity index (χ1n) is 11.5. The maximum Gasteiger partial charge on any atom is 0.412 e. The van der Waals surface area contributed by atoms with Crippen molar-refractivity contribution in [3.8, 4) is 5.75 Å². The van der Waals surface area contributed by atoms with E-state index in [0.717, 1.165) is 10.3 Å². The number of hydrogen-bond donors (Lipinski definition) is 4. The quantitative estimate of drug-likeness (QED) is 0.111. The number of fused-ring (bicyclic) bond motifs is 1. The minimum absolute atomic E-state index is 0.123. The number of carbonyl (C=O) groups is 2. The maximum absolute atomic E-state index is 13.0. The van der Waals surface area contributed by atoms with Crippen molar-refractivity contribution in [1.82, 2.24) is 5.48 Å². The van der Waals surface area contributed by atoms with Crippen LogP contribution in [0.15, 0.2) is 77.7 Å². The average Bonchev–Trinajstić information content (AvgIpc) is 2.90. The van der Waals surface area contributed by atoms with Crippen LogP contribution < -0.4 is 10.8 Å². The summed E-state index contributed by atoms with van der Waals surface area (Å²) in [6, 6.07) is 18.0. The summed E-state index contributed by atoms with van der Waals surface area (Å²) >= 11 is 1.60. The van der Waals surface area contributed by atoms with Gasteiger partial charge in [-0.05, 0) is 61.7 Å². The number of ether oxygens (including phenoxy) is 2. The zero-order valence-electron chi connectivity index (χ0n) is 20.1. The molecule has 4 N–H and O–H groups in total. The highest BCUT2D eigenvalue weighted by Gasteiger charge is 2.29. The van der Waals surface area contributed by atoms with Gasteiger partial charge >= 0.3 is 6.09 Å². The van der Waals surface area contributed by atoms with Gasteiger partial charge in [-0.2, -0.15) is 0 Å². The minimum atomic E-state index is -0.805. The number of rotatable bonds is 11. The molecule has 3 rings (SSSR count). The Morgan fingerprint density at radius 2 is 1.78 bits per heavy atom. The number of carbonyl (C=O) groups excluding carboxylic acids is 2. The fourth-order valence-corrected chi connectivity index (χ4v) is 4.26. The van der Waals surface area contributed by atoms with E-state index >= 15 is 0 Å². The van der Waals surface area contributed by atoms with E-state index in [0.29, 0.717) is 36.1 Å². The molecular weight excluding hydrogens is 480 g/mol. The molecular formula is C27H30N2O6S. The predicted molar refractivity (Wildman–Crippen MR) is 140 cm³/mol. The van der Waals surface area contributed by atoms with E-state index in [-0.39, 0.29) is 5.75 Å². The van der Waals surface area contributed by atoms with Gasteiger partial charge in [0.1, 0.15) is 5.75 Å². The van der Waals surface area contributed by atoms with Gasteiger partial charge in [0.25, 0.3) is 5.91 Å². The first-order valence-corrected chi connectivity index (χ1v) is 12.7. The molecule has 0 radical (unpaired) electrons. The summed E-state index contributed by atoms with van der Waals surface area (Å²) in [6.45, 7) is 2.22. The van der Waals surface area contributed by atoms with Crippen molar-refractivity contribution in [3.05, 3.63) is 78.4 Å². The molecule has 0 heterocycles. The molecule has 0 unspecified atom stereocenters. The number of benzene rings is 3. The van der Waals surface area contributed by atoms with Crippen molar-refractivity contribution in [2.45, 2.75) is 36.9 Å². The van der Waals surface area contributed by atoms with Gasteiger partial charge in [-0.15, -0.1) is 11.8 Å². The number of hydrogen-bond acceptors (Lipinski definition) is 7. The number of thioether (sulfide) groups is 1. The third-order valence-corrected chi connectivity index (χ3v) is 6.27. The first-order chi connectivity index (χ1) is 17.5. The zero-order chi connectivity index (χ0) is 25.9. The molecule has 0 spiro atoms. The summed E-state index contributed by atoms with van der Waals surface area (Å²) in [4.78, 5) is 25.3. The summed E-state index contributed by atoms with van der Waals surface area (Å²) in [5, 5.41) is 23.2. The van der Waals surface area contributed by atoms with Crippen molar-refractivity contribution < 1.29 is 29.4 Å². The molecule has 3 aromatic rings. The smallest absolute Gasteiger partial charge is 0.412 e. The van der Waals surface area contributed by atoms with E-state index in [1.807, 2.05) is 43.5 Å². The van der Waals surface area contributed by atoms with Crippen molar-refractivity contribution in [1.29, 1.82) is 0 Å². The summed E-state index contributed by atoms with van der Waals surface area (Å²) in [7, 11) is 0. The fraction of sp³-hybridized carbons (Fsp3) is 0.259. The highest BCUT2D eigenvalue weighted by atomic mass is 32.2. The number of phenolic OH excluding ortho intramolecular Hbond substituents is 1. The van der Waals surface area contributed by atoms with E-state index in [4.69, 9.17) is 14.7 Å². The Morgan fingerprint density at radius 1 is 1.06 bits per heavy atom. The molecule has 3 aromatic carbocycles. The normalized spacial score (nSPS) is 12.9. The summed E-state index contributed by atoms with van der Waals surface area (Å²) in [5.74, 6) is -0.510. The van der Waals surface area contributed by atoms with E-state index in [1.165, 1.54) is 6.08 Å². The van der Waals surface area contributed by atoms with Gasteiger partial charge in [0, 0.05) is 34.2 Å². The van der Waals surface area contributed by atoms with E-state index < -0.39 is 24.2 Å². The molecule has 0 bridgehead atoms. The van der Waals surface area contributed by atoms with Crippen molar-refractivity contribution in [2.75, 3.05) is 18.2 Å². The Labute approximate surface area is 214 Å². The lowest BCUT2D eigenvalue weighted by Crippen LogP contribution is -2.29. The van der Waals surface area contributed by atoms with E-state index in [9.17, 15) is 14.7 Å². The highest BCUT2D eigenvalue weighted by molar-refractivity contribution is 7.98. The monoisotopic (exact) mass is 510 g/mol. The lowest BCUT2D eigenvalue weighted by atomic mass is 9.94. The molecule has 0 aliphatic carbocycles. The molecule has 0 aliphatic heterocycles. The lowest BCUT2D eigenvalue weighted by Gasteiger charge is -2.28. The van der Waals surface area contributed by atoms with Crippen LogP contribution in [0.2, 0.25) is 0 Å². The third kappa shape index (κ3) is 7.24.